The summed E-state index contributed by atoms with van der Waals surface area (Å²) in [6.07, 6.45) is 0. The third kappa shape index (κ3) is 4.78. The molecule has 2 aromatic carbocycles. The van der Waals surface area contributed by atoms with Gasteiger partial charge in [-0.25, -0.2) is 13.9 Å². The lowest BCUT2D eigenvalue weighted by molar-refractivity contribution is -0.385. The van der Waals surface area contributed by atoms with Crippen molar-refractivity contribution in [2.75, 3.05) is 11.9 Å². The molecule has 3 rings (SSSR count). The van der Waals surface area contributed by atoms with Crippen molar-refractivity contribution in [3.8, 4) is 5.69 Å². The third-order valence-corrected chi connectivity index (χ3v) is 4.11. The minimum atomic E-state index is -1.07. The molecule has 30 heavy (non-hydrogen) atoms. The van der Waals surface area contributed by atoms with Gasteiger partial charge >= 0.3 is 5.97 Å². The number of nitrogens with one attached hydrogen (secondary N) is 1. The maximum atomic E-state index is 13.1. The molecule has 9 nitrogen and oxygen atoms in total. The number of amides is 1. The van der Waals surface area contributed by atoms with Gasteiger partial charge in [0.05, 0.1) is 16.3 Å². The zero-order chi connectivity index (χ0) is 21.8. The van der Waals surface area contributed by atoms with Gasteiger partial charge in [-0.15, -0.1) is 0 Å². The van der Waals surface area contributed by atoms with Crippen molar-refractivity contribution >= 4 is 35.0 Å². The van der Waals surface area contributed by atoms with Crippen LogP contribution in [0.15, 0.2) is 48.5 Å². The summed E-state index contributed by atoms with van der Waals surface area (Å²) in [7, 11) is 0. The van der Waals surface area contributed by atoms with Gasteiger partial charge in [0.25, 0.3) is 11.6 Å². The predicted molar refractivity (Wildman–Crippen MR) is 105 cm³/mol. The minimum absolute atomic E-state index is 0.107. The number of rotatable bonds is 6. The summed E-state index contributed by atoms with van der Waals surface area (Å²) in [6.45, 7) is 1.00. The Labute approximate surface area is 174 Å². The van der Waals surface area contributed by atoms with Crippen molar-refractivity contribution in [3.63, 3.8) is 0 Å². The van der Waals surface area contributed by atoms with E-state index in [1.807, 2.05) is 0 Å². The Morgan fingerprint density at radius 3 is 2.60 bits per heavy atom. The van der Waals surface area contributed by atoms with Crippen LogP contribution in [-0.4, -0.2) is 33.2 Å². The van der Waals surface area contributed by atoms with E-state index < -0.39 is 34.9 Å². The number of carbonyl (C=O) groups is 2. The van der Waals surface area contributed by atoms with Crippen molar-refractivity contribution in [2.45, 2.75) is 6.92 Å². The monoisotopic (exact) mass is 432 g/mol. The number of ether oxygens (including phenoxy) is 1. The van der Waals surface area contributed by atoms with Crippen LogP contribution in [0.25, 0.3) is 5.69 Å². The number of esters is 1. The first-order valence-corrected chi connectivity index (χ1v) is 8.86. The van der Waals surface area contributed by atoms with Gasteiger partial charge in [-0.3, -0.25) is 14.9 Å². The van der Waals surface area contributed by atoms with Gasteiger partial charge in [-0.2, -0.15) is 5.10 Å². The van der Waals surface area contributed by atoms with E-state index in [2.05, 4.69) is 10.4 Å². The Hall–Kier alpha value is -3.79. The van der Waals surface area contributed by atoms with E-state index in [4.69, 9.17) is 16.3 Å². The molecule has 0 bridgehead atoms. The fourth-order valence-electron chi connectivity index (χ4n) is 2.59. The SMILES string of the molecule is Cc1cc(NC(=O)COC(=O)c2cc(Cl)ccc2[N+](=O)[O-])n(-c2ccc(F)cc2)n1. The van der Waals surface area contributed by atoms with Gasteiger partial charge in [-0.1, -0.05) is 11.6 Å². The van der Waals surface area contributed by atoms with Crippen LogP contribution in [0.2, 0.25) is 5.02 Å². The van der Waals surface area contributed by atoms with Crippen LogP contribution in [0.4, 0.5) is 15.9 Å². The normalized spacial score (nSPS) is 10.5. The first-order chi connectivity index (χ1) is 14.2. The second-order valence-electron chi connectivity index (χ2n) is 6.10. The minimum Gasteiger partial charge on any atom is -0.452 e. The molecule has 1 aromatic heterocycles. The molecule has 0 unspecified atom stereocenters. The molecule has 0 saturated heterocycles. The Morgan fingerprint density at radius 2 is 1.93 bits per heavy atom. The number of hydrogen-bond acceptors (Lipinski definition) is 6. The quantitative estimate of drug-likeness (QED) is 0.361. The van der Waals surface area contributed by atoms with Crippen molar-refractivity contribution in [2.24, 2.45) is 0 Å². The van der Waals surface area contributed by atoms with Gasteiger partial charge in [0, 0.05) is 17.2 Å². The number of carbonyl (C=O) groups excluding carboxylic acids is 2. The molecular weight excluding hydrogens is 419 g/mol. The number of nitro benzene ring substituents is 1. The van der Waals surface area contributed by atoms with E-state index in [0.717, 1.165) is 12.1 Å². The average molecular weight is 433 g/mol. The molecule has 1 amide bonds. The van der Waals surface area contributed by atoms with Crippen LogP contribution < -0.4 is 5.32 Å². The number of aromatic nitrogens is 2. The van der Waals surface area contributed by atoms with Crippen LogP contribution in [0, 0.1) is 22.9 Å². The molecule has 0 fully saturated rings. The summed E-state index contributed by atoms with van der Waals surface area (Å²) in [5.41, 5.74) is 0.231. The van der Waals surface area contributed by atoms with Crippen molar-refractivity contribution in [3.05, 3.63) is 80.7 Å². The van der Waals surface area contributed by atoms with Crippen LogP contribution >= 0.6 is 11.6 Å². The zero-order valence-electron chi connectivity index (χ0n) is 15.5. The molecule has 0 radical (unpaired) electrons. The van der Waals surface area contributed by atoms with E-state index in [9.17, 15) is 24.1 Å². The smallest absolute Gasteiger partial charge is 0.345 e. The number of nitrogens with zero attached hydrogens (tertiary/aromatic N) is 3. The highest BCUT2D eigenvalue weighted by Crippen LogP contribution is 2.23. The fourth-order valence-corrected chi connectivity index (χ4v) is 2.76. The van der Waals surface area contributed by atoms with E-state index in [-0.39, 0.29) is 16.4 Å². The van der Waals surface area contributed by atoms with Crippen molar-refractivity contribution in [1.29, 1.82) is 0 Å². The second-order valence-corrected chi connectivity index (χ2v) is 6.54. The average Bonchev–Trinajstić information content (AvgIpc) is 3.06. The lowest BCUT2D eigenvalue weighted by atomic mass is 10.2. The molecule has 0 aliphatic carbocycles. The van der Waals surface area contributed by atoms with Crippen LogP contribution in [0.1, 0.15) is 16.1 Å². The maximum Gasteiger partial charge on any atom is 0.345 e. The number of hydrogen-bond donors (Lipinski definition) is 1. The van der Waals surface area contributed by atoms with Crippen LogP contribution in [0.5, 0.6) is 0 Å². The summed E-state index contributed by atoms with van der Waals surface area (Å²) < 4.78 is 19.4. The van der Waals surface area contributed by atoms with E-state index in [1.165, 1.54) is 35.0 Å². The van der Waals surface area contributed by atoms with E-state index in [1.54, 1.807) is 13.0 Å². The number of anilines is 1. The molecule has 0 saturated carbocycles. The second kappa shape index (κ2) is 8.70. The molecule has 0 spiro atoms. The zero-order valence-corrected chi connectivity index (χ0v) is 16.2. The highest BCUT2D eigenvalue weighted by atomic mass is 35.5. The van der Waals surface area contributed by atoms with Crippen LogP contribution in [-0.2, 0) is 9.53 Å². The number of halogens is 2. The van der Waals surface area contributed by atoms with Gasteiger partial charge in [0.1, 0.15) is 17.2 Å². The lowest BCUT2D eigenvalue weighted by Gasteiger charge is -2.09. The fraction of sp³-hybridized carbons (Fsp3) is 0.105. The largest absolute Gasteiger partial charge is 0.452 e. The standard InChI is InChI=1S/C19H14ClFN4O5/c1-11-8-17(24(23-11)14-5-3-13(21)4-6-14)22-18(26)10-30-19(27)15-9-12(20)2-7-16(15)25(28)29/h2-9H,10H2,1H3,(H,22,26). The highest BCUT2D eigenvalue weighted by molar-refractivity contribution is 6.31. The van der Waals surface area contributed by atoms with Crippen molar-refractivity contribution in [1.82, 2.24) is 9.78 Å². The molecular formula is C19H14ClFN4O5. The molecule has 1 N–H and O–H groups in total. The first kappa shape index (κ1) is 20.9. The lowest BCUT2D eigenvalue weighted by Crippen LogP contribution is -2.22. The molecule has 154 valence electrons. The first-order valence-electron chi connectivity index (χ1n) is 8.48. The number of aryl methyl sites for hydroxylation is 1. The van der Waals surface area contributed by atoms with Gasteiger partial charge in [-0.05, 0) is 43.3 Å². The summed E-state index contributed by atoms with van der Waals surface area (Å²) in [5, 5.41) is 17.9. The molecule has 0 aliphatic rings. The maximum absolute atomic E-state index is 13.1. The van der Waals surface area contributed by atoms with Gasteiger partial charge in [0.15, 0.2) is 6.61 Å². The number of benzene rings is 2. The predicted octanol–water partition coefficient (Wildman–Crippen LogP) is 3.68. The van der Waals surface area contributed by atoms with E-state index in [0.29, 0.717) is 11.4 Å². The number of nitro groups is 1. The summed E-state index contributed by atoms with van der Waals surface area (Å²) in [4.78, 5) is 34.7. The summed E-state index contributed by atoms with van der Waals surface area (Å²) in [6, 6.07) is 10.5. The van der Waals surface area contributed by atoms with Crippen molar-refractivity contribution < 1.29 is 23.6 Å². The summed E-state index contributed by atoms with van der Waals surface area (Å²) >= 11 is 5.78. The molecule has 0 aliphatic heterocycles. The van der Waals surface area contributed by atoms with Gasteiger partial charge in [0.2, 0.25) is 0 Å². The topological polar surface area (TPSA) is 116 Å². The Kier molecular flexibility index (Phi) is 6.07. The molecule has 3 aromatic rings. The third-order valence-electron chi connectivity index (χ3n) is 3.88. The van der Waals surface area contributed by atoms with Crippen LogP contribution in [0.3, 0.4) is 0 Å². The Balaban J connectivity index is 1.70. The van der Waals surface area contributed by atoms with Gasteiger partial charge < -0.3 is 10.1 Å². The highest BCUT2D eigenvalue weighted by Gasteiger charge is 2.23. The molecule has 11 heteroatoms. The molecule has 1 heterocycles. The molecule has 0 atom stereocenters. The van der Waals surface area contributed by atoms with E-state index >= 15 is 0 Å². The Morgan fingerprint density at radius 1 is 1.23 bits per heavy atom. The Bertz CT molecular complexity index is 1130. The summed E-state index contributed by atoms with van der Waals surface area (Å²) in [5.74, 6) is -1.91.